The number of nitrogens with zero attached hydrogens (tertiary/aromatic N) is 2. The average molecular weight is 457 g/mol. The molecule has 1 unspecified atom stereocenters. The largest absolute Gasteiger partial charge is 0.507 e. The quantitative estimate of drug-likeness (QED) is 0.361. The number of ether oxygens (including phenoxy) is 1. The van der Waals surface area contributed by atoms with Crippen LogP contribution in [-0.2, 0) is 9.59 Å². The van der Waals surface area contributed by atoms with Gasteiger partial charge in [0.25, 0.3) is 11.7 Å². The summed E-state index contributed by atoms with van der Waals surface area (Å²) >= 11 is 6.06. The maximum absolute atomic E-state index is 13.1. The number of rotatable bonds is 8. The summed E-state index contributed by atoms with van der Waals surface area (Å²) in [5, 5.41) is 11.7. The number of hydrogen-bond acceptors (Lipinski definition) is 5. The van der Waals surface area contributed by atoms with Crippen LogP contribution in [0.3, 0.4) is 0 Å². The summed E-state index contributed by atoms with van der Waals surface area (Å²) in [4.78, 5) is 29.6. The van der Waals surface area contributed by atoms with Gasteiger partial charge in [0.2, 0.25) is 0 Å². The Morgan fingerprint density at radius 3 is 2.44 bits per heavy atom. The molecular formula is C25H29ClN2O4. The maximum atomic E-state index is 13.1. The van der Waals surface area contributed by atoms with Gasteiger partial charge in [-0.15, -0.1) is 0 Å². The van der Waals surface area contributed by atoms with Crippen molar-refractivity contribution >= 4 is 29.1 Å². The fraction of sp³-hybridized carbons (Fsp3) is 0.360. The first kappa shape index (κ1) is 23.8. The fourth-order valence-electron chi connectivity index (χ4n) is 3.93. The molecule has 6 nitrogen and oxygen atoms in total. The molecule has 3 rings (SSSR count). The molecule has 32 heavy (non-hydrogen) atoms. The van der Waals surface area contributed by atoms with Crippen LogP contribution in [0.25, 0.3) is 5.76 Å². The molecule has 0 radical (unpaired) electrons. The lowest BCUT2D eigenvalue weighted by atomic mass is 9.94. The number of Topliss-reactive ketones (excluding diaryl/α,β-unsaturated/α-hetero) is 1. The first-order chi connectivity index (χ1) is 15.2. The molecule has 1 fully saturated rings. The Labute approximate surface area is 194 Å². The van der Waals surface area contributed by atoms with Gasteiger partial charge in [0, 0.05) is 17.1 Å². The highest BCUT2D eigenvalue weighted by Gasteiger charge is 2.45. The van der Waals surface area contributed by atoms with Crippen molar-refractivity contribution in [1.82, 2.24) is 9.80 Å². The van der Waals surface area contributed by atoms with E-state index in [1.165, 1.54) is 0 Å². The summed E-state index contributed by atoms with van der Waals surface area (Å²) in [5.74, 6) is -0.765. The van der Waals surface area contributed by atoms with Crippen LogP contribution in [0.1, 0.15) is 36.1 Å². The number of carbonyl (C=O) groups is 2. The lowest BCUT2D eigenvalue weighted by molar-refractivity contribution is -0.139. The van der Waals surface area contributed by atoms with Crippen molar-refractivity contribution < 1.29 is 19.4 Å². The summed E-state index contributed by atoms with van der Waals surface area (Å²) in [6.45, 7) is 5.47. The molecule has 1 aliphatic rings. The van der Waals surface area contributed by atoms with Gasteiger partial charge in [0.15, 0.2) is 0 Å². The van der Waals surface area contributed by atoms with Crippen molar-refractivity contribution in [2.75, 3.05) is 33.8 Å². The molecule has 1 N–H and O–H groups in total. The summed E-state index contributed by atoms with van der Waals surface area (Å²) in [7, 11) is 3.91. The number of likely N-dealkylation sites (tertiary alicyclic amines) is 1. The Bertz CT molecular complexity index is 1030. The maximum Gasteiger partial charge on any atom is 0.295 e. The highest BCUT2D eigenvalue weighted by atomic mass is 35.5. The second kappa shape index (κ2) is 10.2. The van der Waals surface area contributed by atoms with E-state index < -0.39 is 17.7 Å². The number of aliphatic hydroxyl groups excluding tert-OH is 1. The highest BCUT2D eigenvalue weighted by Crippen LogP contribution is 2.40. The van der Waals surface area contributed by atoms with E-state index in [4.69, 9.17) is 16.3 Å². The van der Waals surface area contributed by atoms with Crippen LogP contribution in [-0.4, -0.2) is 60.4 Å². The van der Waals surface area contributed by atoms with Crippen molar-refractivity contribution in [1.29, 1.82) is 0 Å². The SMILES string of the molecule is CCOc1ccc(/C(O)=C2\C(=O)C(=O)N(CCCN(C)C)C2c2ccc(Cl)cc2)cc1C. The van der Waals surface area contributed by atoms with E-state index >= 15 is 0 Å². The van der Waals surface area contributed by atoms with Gasteiger partial charge in [-0.1, -0.05) is 23.7 Å². The molecular weight excluding hydrogens is 428 g/mol. The van der Waals surface area contributed by atoms with Crippen LogP contribution in [0, 0.1) is 6.92 Å². The third kappa shape index (κ3) is 4.97. The average Bonchev–Trinajstić information content (AvgIpc) is 3.00. The molecule has 7 heteroatoms. The van der Waals surface area contributed by atoms with E-state index in [2.05, 4.69) is 0 Å². The number of halogens is 1. The lowest BCUT2D eigenvalue weighted by Crippen LogP contribution is -2.32. The summed E-state index contributed by atoms with van der Waals surface area (Å²) in [5.41, 5.74) is 2.11. The van der Waals surface area contributed by atoms with Gasteiger partial charge in [-0.2, -0.15) is 0 Å². The minimum atomic E-state index is -0.682. The van der Waals surface area contributed by atoms with E-state index in [0.717, 1.165) is 17.7 Å². The molecule has 2 aromatic rings. The van der Waals surface area contributed by atoms with Gasteiger partial charge >= 0.3 is 0 Å². The van der Waals surface area contributed by atoms with Crippen LogP contribution in [0.15, 0.2) is 48.0 Å². The van der Waals surface area contributed by atoms with E-state index in [0.29, 0.717) is 35.9 Å². The zero-order chi connectivity index (χ0) is 23.4. The molecule has 0 bridgehead atoms. The Hall–Kier alpha value is -2.83. The lowest BCUT2D eigenvalue weighted by Gasteiger charge is -2.26. The van der Waals surface area contributed by atoms with Crippen molar-refractivity contribution in [3.63, 3.8) is 0 Å². The predicted octanol–water partition coefficient (Wildman–Crippen LogP) is 4.42. The number of aryl methyl sites for hydroxylation is 1. The zero-order valence-electron chi connectivity index (χ0n) is 18.9. The van der Waals surface area contributed by atoms with E-state index in [1.54, 1.807) is 47.4 Å². The molecule has 2 aromatic carbocycles. The Kier molecular flexibility index (Phi) is 7.59. The Morgan fingerprint density at radius 2 is 1.84 bits per heavy atom. The summed E-state index contributed by atoms with van der Waals surface area (Å²) in [6.07, 6.45) is 0.701. The van der Waals surface area contributed by atoms with Crippen molar-refractivity contribution in [3.8, 4) is 5.75 Å². The Morgan fingerprint density at radius 1 is 1.16 bits per heavy atom. The monoisotopic (exact) mass is 456 g/mol. The molecule has 1 aliphatic heterocycles. The van der Waals surface area contributed by atoms with Crippen LogP contribution in [0.2, 0.25) is 5.02 Å². The van der Waals surface area contributed by atoms with Crippen molar-refractivity contribution in [3.05, 3.63) is 69.8 Å². The van der Waals surface area contributed by atoms with Crippen LogP contribution >= 0.6 is 11.6 Å². The Balaban J connectivity index is 2.08. The smallest absolute Gasteiger partial charge is 0.295 e. The van der Waals surface area contributed by atoms with Gasteiger partial charge in [0.05, 0.1) is 18.2 Å². The zero-order valence-corrected chi connectivity index (χ0v) is 19.6. The minimum Gasteiger partial charge on any atom is -0.507 e. The van der Waals surface area contributed by atoms with Crippen LogP contribution < -0.4 is 4.74 Å². The van der Waals surface area contributed by atoms with E-state index in [-0.39, 0.29) is 11.3 Å². The van der Waals surface area contributed by atoms with Gasteiger partial charge in [-0.3, -0.25) is 9.59 Å². The summed E-state index contributed by atoms with van der Waals surface area (Å²) < 4.78 is 5.57. The number of amides is 1. The number of aliphatic hydroxyl groups is 1. The molecule has 0 spiro atoms. The number of carbonyl (C=O) groups excluding carboxylic acids is 2. The van der Waals surface area contributed by atoms with Crippen LogP contribution in [0.4, 0.5) is 0 Å². The first-order valence-electron chi connectivity index (χ1n) is 10.7. The topological polar surface area (TPSA) is 70.1 Å². The number of hydrogen-bond donors (Lipinski definition) is 1. The predicted molar refractivity (Wildman–Crippen MR) is 126 cm³/mol. The number of benzene rings is 2. The van der Waals surface area contributed by atoms with Gasteiger partial charge in [0.1, 0.15) is 11.5 Å². The van der Waals surface area contributed by atoms with Crippen molar-refractivity contribution in [2.45, 2.75) is 26.3 Å². The molecule has 0 aliphatic carbocycles. The molecule has 1 heterocycles. The minimum absolute atomic E-state index is 0.0886. The van der Waals surface area contributed by atoms with Crippen LogP contribution in [0.5, 0.6) is 5.75 Å². The molecule has 0 aromatic heterocycles. The molecule has 1 saturated heterocycles. The third-order valence-electron chi connectivity index (χ3n) is 5.48. The highest BCUT2D eigenvalue weighted by molar-refractivity contribution is 6.46. The first-order valence-corrected chi connectivity index (χ1v) is 11.0. The number of ketones is 1. The molecule has 1 atom stereocenters. The molecule has 170 valence electrons. The van der Waals surface area contributed by atoms with Gasteiger partial charge in [-0.25, -0.2) is 0 Å². The van der Waals surface area contributed by atoms with Gasteiger partial charge in [-0.05, 0) is 82.4 Å². The third-order valence-corrected chi connectivity index (χ3v) is 5.73. The molecule has 0 saturated carbocycles. The van der Waals surface area contributed by atoms with Crippen molar-refractivity contribution in [2.24, 2.45) is 0 Å². The van der Waals surface area contributed by atoms with Gasteiger partial charge < -0.3 is 19.6 Å². The normalized spacial score (nSPS) is 17.9. The van der Waals surface area contributed by atoms with E-state index in [9.17, 15) is 14.7 Å². The fourth-order valence-corrected chi connectivity index (χ4v) is 4.06. The molecule has 1 amide bonds. The standard InChI is InChI=1S/C25H29ClN2O4/c1-5-32-20-12-9-18(15-16(20)2)23(29)21-22(17-7-10-19(26)11-8-17)28(25(31)24(21)30)14-6-13-27(3)4/h7-12,15,22,29H,5-6,13-14H2,1-4H3/b23-21+. The summed E-state index contributed by atoms with van der Waals surface area (Å²) in [6, 6.07) is 11.6. The second-order valence-electron chi connectivity index (χ2n) is 8.11. The second-order valence-corrected chi connectivity index (χ2v) is 8.55. The van der Waals surface area contributed by atoms with E-state index in [1.807, 2.05) is 32.8 Å².